The summed E-state index contributed by atoms with van der Waals surface area (Å²) in [4.78, 5) is 39.2. The van der Waals surface area contributed by atoms with Gasteiger partial charge in [0.2, 0.25) is 16.9 Å². The van der Waals surface area contributed by atoms with Gasteiger partial charge in [-0.05, 0) is 54.8 Å². The molecule has 0 radical (unpaired) electrons. The van der Waals surface area contributed by atoms with E-state index in [0.717, 1.165) is 36.4 Å². The Balaban J connectivity index is 1.25. The number of aryl methyl sites for hydroxylation is 2. The molecule has 1 aliphatic rings. The van der Waals surface area contributed by atoms with E-state index in [9.17, 15) is 14.4 Å². The van der Waals surface area contributed by atoms with Crippen LogP contribution in [0.15, 0.2) is 48.5 Å². The molecule has 37 heavy (non-hydrogen) atoms. The fraction of sp³-hybridized carbons (Fsp3) is 0.370. The van der Waals surface area contributed by atoms with Crippen LogP contribution in [-0.4, -0.2) is 53.0 Å². The maximum absolute atomic E-state index is 12.6. The molecule has 1 unspecified atom stereocenters. The zero-order valence-electron chi connectivity index (χ0n) is 21.0. The summed E-state index contributed by atoms with van der Waals surface area (Å²) in [5, 5.41) is 15.2. The fourth-order valence-corrected chi connectivity index (χ4v) is 4.81. The lowest BCUT2D eigenvalue weighted by molar-refractivity contribution is -0.128. The first-order valence-electron chi connectivity index (χ1n) is 12.4. The van der Waals surface area contributed by atoms with Gasteiger partial charge >= 0.3 is 0 Å². The number of anilines is 2. The molecule has 2 aromatic carbocycles. The van der Waals surface area contributed by atoms with E-state index in [2.05, 4.69) is 27.8 Å². The monoisotopic (exact) mass is 521 g/mol. The maximum Gasteiger partial charge on any atom is 0.257 e. The van der Waals surface area contributed by atoms with Crippen LogP contribution in [0.1, 0.15) is 47.1 Å². The SMILES string of the molecule is CCCCN1CC(C(=O)Nc2ccc(C(=O)Nc3nnc(CCc4ccc(OC)cc4)s3)cc2)CC1=O. The highest BCUT2D eigenvalue weighted by molar-refractivity contribution is 7.15. The van der Waals surface area contributed by atoms with Gasteiger partial charge in [0.15, 0.2) is 0 Å². The molecule has 1 saturated heterocycles. The van der Waals surface area contributed by atoms with Crippen molar-refractivity contribution in [3.63, 3.8) is 0 Å². The summed E-state index contributed by atoms with van der Waals surface area (Å²) in [6.07, 6.45) is 3.71. The quantitative estimate of drug-likeness (QED) is 0.392. The smallest absolute Gasteiger partial charge is 0.257 e. The van der Waals surface area contributed by atoms with Crippen molar-refractivity contribution < 1.29 is 19.1 Å². The molecule has 4 rings (SSSR count). The van der Waals surface area contributed by atoms with Gasteiger partial charge in [-0.1, -0.05) is 36.8 Å². The summed E-state index contributed by atoms with van der Waals surface area (Å²) in [6.45, 7) is 3.22. The van der Waals surface area contributed by atoms with Crippen molar-refractivity contribution in [1.82, 2.24) is 15.1 Å². The number of rotatable bonds is 11. The predicted molar refractivity (Wildman–Crippen MR) is 143 cm³/mol. The number of hydrogen-bond acceptors (Lipinski definition) is 7. The first-order valence-corrected chi connectivity index (χ1v) is 13.2. The second kappa shape index (κ2) is 12.4. The van der Waals surface area contributed by atoms with Crippen LogP contribution in [-0.2, 0) is 22.4 Å². The molecular weight excluding hydrogens is 490 g/mol. The average molecular weight is 522 g/mol. The minimum Gasteiger partial charge on any atom is -0.497 e. The lowest BCUT2D eigenvalue weighted by Crippen LogP contribution is -2.29. The first kappa shape index (κ1) is 26.3. The summed E-state index contributed by atoms with van der Waals surface area (Å²) in [5.41, 5.74) is 2.19. The predicted octanol–water partition coefficient (Wildman–Crippen LogP) is 4.17. The number of carbonyl (C=O) groups is 3. The van der Waals surface area contributed by atoms with Crippen LogP contribution in [0.3, 0.4) is 0 Å². The Bertz CT molecular complexity index is 1230. The Morgan fingerprint density at radius 2 is 1.81 bits per heavy atom. The van der Waals surface area contributed by atoms with Crippen molar-refractivity contribution in [2.45, 2.75) is 39.0 Å². The van der Waals surface area contributed by atoms with Gasteiger partial charge in [0, 0.05) is 37.2 Å². The van der Waals surface area contributed by atoms with Crippen LogP contribution in [0.5, 0.6) is 5.75 Å². The van der Waals surface area contributed by atoms with Crippen LogP contribution in [0, 0.1) is 5.92 Å². The summed E-state index contributed by atoms with van der Waals surface area (Å²) in [6, 6.07) is 14.5. The number of likely N-dealkylation sites (tertiary alicyclic amines) is 1. The minimum absolute atomic E-state index is 0.0289. The molecule has 3 amide bonds. The molecular formula is C27H31N5O4S. The van der Waals surface area contributed by atoms with E-state index in [1.54, 1.807) is 36.3 Å². The Morgan fingerprint density at radius 3 is 2.51 bits per heavy atom. The summed E-state index contributed by atoms with van der Waals surface area (Å²) >= 11 is 1.35. The Morgan fingerprint density at radius 1 is 1.05 bits per heavy atom. The van der Waals surface area contributed by atoms with Crippen LogP contribution >= 0.6 is 11.3 Å². The highest BCUT2D eigenvalue weighted by Gasteiger charge is 2.33. The maximum atomic E-state index is 12.6. The fourth-order valence-electron chi connectivity index (χ4n) is 4.08. The van der Waals surface area contributed by atoms with Gasteiger partial charge in [-0.2, -0.15) is 0 Å². The average Bonchev–Trinajstić information content (AvgIpc) is 3.52. The van der Waals surface area contributed by atoms with E-state index in [1.165, 1.54) is 16.9 Å². The van der Waals surface area contributed by atoms with E-state index in [4.69, 9.17) is 4.74 Å². The number of ether oxygens (including phenoxy) is 1. The topological polar surface area (TPSA) is 114 Å². The van der Waals surface area contributed by atoms with Gasteiger partial charge in [-0.25, -0.2) is 0 Å². The Labute approximate surface area is 220 Å². The molecule has 9 nitrogen and oxygen atoms in total. The molecule has 2 N–H and O–H groups in total. The molecule has 1 atom stereocenters. The number of aromatic nitrogens is 2. The normalized spacial score (nSPS) is 15.0. The number of nitrogens with one attached hydrogen (secondary N) is 2. The number of hydrogen-bond donors (Lipinski definition) is 2. The highest BCUT2D eigenvalue weighted by atomic mass is 32.1. The molecule has 0 bridgehead atoms. The van der Waals surface area contributed by atoms with E-state index < -0.39 is 0 Å². The molecule has 1 aromatic heterocycles. The van der Waals surface area contributed by atoms with Crippen LogP contribution in [0.2, 0.25) is 0 Å². The molecule has 1 fully saturated rings. The molecule has 3 aromatic rings. The van der Waals surface area contributed by atoms with E-state index in [1.807, 2.05) is 24.3 Å². The highest BCUT2D eigenvalue weighted by Crippen LogP contribution is 2.22. The van der Waals surface area contributed by atoms with Gasteiger partial charge in [0.1, 0.15) is 10.8 Å². The van der Waals surface area contributed by atoms with E-state index in [-0.39, 0.29) is 30.1 Å². The zero-order valence-corrected chi connectivity index (χ0v) is 21.8. The lowest BCUT2D eigenvalue weighted by atomic mass is 10.1. The summed E-state index contributed by atoms with van der Waals surface area (Å²) < 4.78 is 5.18. The second-order valence-electron chi connectivity index (χ2n) is 8.96. The third-order valence-electron chi connectivity index (χ3n) is 6.26. The Kier molecular flexibility index (Phi) is 8.84. The summed E-state index contributed by atoms with van der Waals surface area (Å²) in [5.74, 6) is 0.00799. The number of nitrogens with zero attached hydrogens (tertiary/aromatic N) is 3. The second-order valence-corrected chi connectivity index (χ2v) is 10.0. The van der Waals surface area contributed by atoms with Gasteiger partial charge in [-0.3, -0.25) is 19.7 Å². The van der Waals surface area contributed by atoms with Gasteiger partial charge < -0.3 is 15.0 Å². The standard InChI is InChI=1S/C27H31N5O4S/c1-3-4-15-32-17-20(16-24(32)33)26(35)28-21-10-8-19(9-11-21)25(34)29-27-31-30-23(37-27)14-7-18-5-12-22(36-2)13-6-18/h5-6,8-13,20H,3-4,7,14-17H2,1-2H3,(H,28,35)(H,29,31,34). The lowest BCUT2D eigenvalue weighted by Gasteiger charge is -2.16. The molecule has 0 saturated carbocycles. The van der Waals surface area contributed by atoms with Crippen molar-refractivity contribution in [3.8, 4) is 5.75 Å². The molecule has 10 heteroatoms. The molecule has 0 aliphatic carbocycles. The van der Waals surface area contributed by atoms with Gasteiger partial charge in [-0.15, -0.1) is 10.2 Å². The first-order chi connectivity index (χ1) is 17.9. The third kappa shape index (κ3) is 7.13. The van der Waals surface area contributed by atoms with Crippen molar-refractivity contribution in [2.24, 2.45) is 5.92 Å². The number of carbonyl (C=O) groups excluding carboxylic acids is 3. The zero-order chi connectivity index (χ0) is 26.2. The van der Waals surface area contributed by atoms with Crippen LogP contribution in [0.25, 0.3) is 0 Å². The minimum atomic E-state index is -0.358. The van der Waals surface area contributed by atoms with Crippen LogP contribution < -0.4 is 15.4 Å². The number of unbranched alkanes of at least 4 members (excludes halogenated alkanes) is 1. The van der Waals surface area contributed by atoms with Gasteiger partial charge in [0.25, 0.3) is 5.91 Å². The van der Waals surface area contributed by atoms with E-state index in [0.29, 0.717) is 29.5 Å². The molecule has 0 spiro atoms. The third-order valence-corrected chi connectivity index (χ3v) is 7.15. The van der Waals surface area contributed by atoms with Crippen molar-refractivity contribution in [1.29, 1.82) is 0 Å². The van der Waals surface area contributed by atoms with E-state index >= 15 is 0 Å². The molecule has 2 heterocycles. The van der Waals surface area contributed by atoms with Crippen molar-refractivity contribution in [3.05, 3.63) is 64.7 Å². The number of methoxy groups -OCH3 is 1. The Hall–Kier alpha value is -3.79. The van der Waals surface area contributed by atoms with Crippen molar-refractivity contribution >= 4 is 39.9 Å². The van der Waals surface area contributed by atoms with Gasteiger partial charge in [0.05, 0.1) is 13.0 Å². The number of amides is 3. The summed E-state index contributed by atoms with van der Waals surface area (Å²) in [7, 11) is 1.64. The number of benzene rings is 2. The van der Waals surface area contributed by atoms with Crippen molar-refractivity contribution in [2.75, 3.05) is 30.8 Å². The van der Waals surface area contributed by atoms with Crippen LogP contribution in [0.4, 0.5) is 10.8 Å². The largest absolute Gasteiger partial charge is 0.497 e. The molecule has 194 valence electrons. The molecule has 1 aliphatic heterocycles.